The summed E-state index contributed by atoms with van der Waals surface area (Å²) in [7, 11) is 1.86. The Morgan fingerprint density at radius 3 is 2.65 bits per heavy atom. The molecule has 2 aromatic rings. The van der Waals surface area contributed by atoms with Gasteiger partial charge in [0.25, 0.3) is 0 Å². The molecule has 0 amide bonds. The number of aliphatic carboxylic acids is 1. The van der Waals surface area contributed by atoms with E-state index in [0.717, 1.165) is 19.4 Å². The number of nitrogens with zero attached hydrogens (tertiary/aromatic N) is 1. The first-order valence-electron chi connectivity index (χ1n) is 6.99. The monoisotopic (exact) mass is 271 g/mol. The van der Waals surface area contributed by atoms with Gasteiger partial charge in [0.2, 0.25) is 0 Å². The van der Waals surface area contributed by atoms with Gasteiger partial charge in [0.05, 0.1) is 0 Å². The van der Waals surface area contributed by atoms with Gasteiger partial charge in [-0.2, -0.15) is 0 Å². The van der Waals surface area contributed by atoms with Crippen molar-refractivity contribution in [3.8, 4) is 0 Å². The topological polar surface area (TPSA) is 40.5 Å². The Labute approximate surface area is 119 Å². The second kappa shape index (κ2) is 6.53. The number of hydrogen-bond acceptors (Lipinski definition) is 2. The van der Waals surface area contributed by atoms with Crippen LogP contribution in [0.5, 0.6) is 0 Å². The lowest BCUT2D eigenvalue weighted by atomic mass is 10.0. The quantitative estimate of drug-likeness (QED) is 0.877. The van der Waals surface area contributed by atoms with E-state index in [1.807, 2.05) is 11.9 Å². The minimum atomic E-state index is -0.766. The molecule has 3 nitrogen and oxygen atoms in total. The average molecular weight is 271 g/mol. The molecule has 0 aromatic heterocycles. The lowest BCUT2D eigenvalue weighted by molar-refractivity contribution is -0.142. The van der Waals surface area contributed by atoms with Crippen molar-refractivity contribution < 1.29 is 9.90 Å². The number of fused-ring (bicyclic) bond motifs is 1. The Balaban J connectivity index is 1.98. The molecule has 0 heterocycles. The summed E-state index contributed by atoms with van der Waals surface area (Å²) in [6, 6.07) is 14.3. The first kappa shape index (κ1) is 14.5. The van der Waals surface area contributed by atoms with E-state index in [1.165, 1.54) is 16.3 Å². The molecule has 1 atom stereocenters. The first-order valence-corrected chi connectivity index (χ1v) is 6.99. The summed E-state index contributed by atoms with van der Waals surface area (Å²) in [4.78, 5) is 12.8. The van der Waals surface area contributed by atoms with Gasteiger partial charge in [-0.15, -0.1) is 0 Å². The van der Waals surface area contributed by atoms with E-state index in [9.17, 15) is 4.79 Å². The van der Waals surface area contributed by atoms with Crippen molar-refractivity contribution in [2.24, 2.45) is 0 Å². The molecule has 2 rings (SSSR count). The van der Waals surface area contributed by atoms with Crippen LogP contribution in [0.3, 0.4) is 0 Å². The Hall–Kier alpha value is -1.87. The largest absolute Gasteiger partial charge is 0.480 e. The Morgan fingerprint density at radius 2 is 1.90 bits per heavy atom. The predicted octanol–water partition coefficient (Wildman–Crippen LogP) is 3.18. The third-order valence-corrected chi connectivity index (χ3v) is 3.86. The van der Waals surface area contributed by atoms with Crippen molar-refractivity contribution in [1.82, 2.24) is 4.90 Å². The lowest BCUT2D eigenvalue weighted by Crippen LogP contribution is -2.36. The van der Waals surface area contributed by atoms with Crippen LogP contribution in [0.25, 0.3) is 10.8 Å². The van der Waals surface area contributed by atoms with E-state index in [1.54, 1.807) is 6.92 Å². The Bertz CT molecular complexity index is 589. The van der Waals surface area contributed by atoms with Gasteiger partial charge in [0, 0.05) is 0 Å². The van der Waals surface area contributed by atoms with Gasteiger partial charge in [-0.3, -0.25) is 9.69 Å². The van der Waals surface area contributed by atoms with Crippen molar-refractivity contribution in [2.75, 3.05) is 13.6 Å². The van der Waals surface area contributed by atoms with Crippen LogP contribution in [0, 0.1) is 0 Å². The molecule has 0 aliphatic heterocycles. The summed E-state index contributed by atoms with van der Waals surface area (Å²) in [5.74, 6) is -0.766. The zero-order chi connectivity index (χ0) is 14.5. The van der Waals surface area contributed by atoms with Crippen molar-refractivity contribution >= 4 is 16.7 Å². The molecule has 0 saturated carbocycles. The summed E-state index contributed by atoms with van der Waals surface area (Å²) in [5.41, 5.74) is 1.33. The maximum absolute atomic E-state index is 10.9. The standard InChI is InChI=1S/C17H21NO2/c1-13(17(19)20)18(2)12-6-10-15-9-5-8-14-7-3-4-11-16(14)15/h3-5,7-9,11,13H,6,10,12H2,1-2H3,(H,19,20). The highest BCUT2D eigenvalue weighted by Crippen LogP contribution is 2.19. The first-order chi connectivity index (χ1) is 9.59. The van der Waals surface area contributed by atoms with Crippen LogP contribution >= 0.6 is 0 Å². The number of benzene rings is 2. The fourth-order valence-electron chi connectivity index (χ4n) is 2.41. The van der Waals surface area contributed by atoms with E-state index < -0.39 is 12.0 Å². The normalized spacial score (nSPS) is 12.8. The zero-order valence-electron chi connectivity index (χ0n) is 12.0. The number of carboxylic acids is 1. The van der Waals surface area contributed by atoms with Crippen molar-refractivity contribution in [2.45, 2.75) is 25.8 Å². The molecule has 0 spiro atoms. The molecule has 0 radical (unpaired) electrons. The molecule has 3 heteroatoms. The number of hydrogen-bond donors (Lipinski definition) is 1. The van der Waals surface area contributed by atoms with Gasteiger partial charge in [0.15, 0.2) is 0 Å². The molecule has 106 valence electrons. The van der Waals surface area contributed by atoms with Crippen LogP contribution in [0.4, 0.5) is 0 Å². The maximum atomic E-state index is 10.9. The van der Waals surface area contributed by atoms with Gasteiger partial charge in [0.1, 0.15) is 6.04 Å². The smallest absolute Gasteiger partial charge is 0.320 e. The second-order valence-electron chi connectivity index (χ2n) is 5.24. The summed E-state index contributed by atoms with van der Waals surface area (Å²) >= 11 is 0. The number of carboxylic acid groups (broad SMARTS) is 1. The lowest BCUT2D eigenvalue weighted by Gasteiger charge is -2.20. The second-order valence-corrected chi connectivity index (χ2v) is 5.24. The molecule has 0 aliphatic carbocycles. The van der Waals surface area contributed by atoms with E-state index in [0.29, 0.717) is 0 Å². The Kier molecular flexibility index (Phi) is 4.74. The van der Waals surface area contributed by atoms with E-state index in [2.05, 4.69) is 42.5 Å². The van der Waals surface area contributed by atoms with Crippen molar-refractivity contribution in [3.05, 3.63) is 48.0 Å². The minimum Gasteiger partial charge on any atom is -0.480 e. The van der Waals surface area contributed by atoms with Crippen LogP contribution in [0.1, 0.15) is 18.9 Å². The summed E-state index contributed by atoms with van der Waals surface area (Å²) in [6.45, 7) is 2.51. The van der Waals surface area contributed by atoms with Gasteiger partial charge in [-0.05, 0) is 49.7 Å². The fraction of sp³-hybridized carbons (Fsp3) is 0.353. The number of carbonyl (C=O) groups is 1. The van der Waals surface area contributed by atoms with Crippen LogP contribution in [0.15, 0.2) is 42.5 Å². The Morgan fingerprint density at radius 1 is 1.20 bits per heavy atom. The molecule has 0 bridgehead atoms. The van der Waals surface area contributed by atoms with Crippen LogP contribution in [-0.2, 0) is 11.2 Å². The fourth-order valence-corrected chi connectivity index (χ4v) is 2.41. The molecule has 0 fully saturated rings. The van der Waals surface area contributed by atoms with E-state index >= 15 is 0 Å². The molecule has 0 aliphatic rings. The molecule has 0 saturated heterocycles. The highest BCUT2D eigenvalue weighted by Gasteiger charge is 2.15. The van der Waals surface area contributed by atoms with Crippen molar-refractivity contribution in [1.29, 1.82) is 0 Å². The molecular formula is C17H21NO2. The molecule has 1 unspecified atom stereocenters. The maximum Gasteiger partial charge on any atom is 0.320 e. The van der Waals surface area contributed by atoms with Crippen LogP contribution in [0.2, 0.25) is 0 Å². The van der Waals surface area contributed by atoms with Crippen LogP contribution in [-0.4, -0.2) is 35.6 Å². The van der Waals surface area contributed by atoms with Gasteiger partial charge < -0.3 is 5.11 Å². The van der Waals surface area contributed by atoms with Gasteiger partial charge >= 0.3 is 5.97 Å². The number of aryl methyl sites for hydroxylation is 1. The summed E-state index contributed by atoms with van der Waals surface area (Å²) in [6.07, 6.45) is 1.93. The third kappa shape index (κ3) is 3.36. The molecule has 20 heavy (non-hydrogen) atoms. The molecule has 2 aromatic carbocycles. The number of likely N-dealkylation sites (N-methyl/N-ethyl adjacent to an activating group) is 1. The summed E-state index contributed by atoms with van der Waals surface area (Å²) < 4.78 is 0. The van der Waals surface area contributed by atoms with E-state index in [4.69, 9.17) is 5.11 Å². The van der Waals surface area contributed by atoms with Gasteiger partial charge in [-0.25, -0.2) is 0 Å². The summed E-state index contributed by atoms with van der Waals surface area (Å²) in [5, 5.41) is 11.5. The predicted molar refractivity (Wildman–Crippen MR) is 82.0 cm³/mol. The zero-order valence-corrected chi connectivity index (χ0v) is 12.0. The average Bonchev–Trinajstić information content (AvgIpc) is 2.46. The minimum absolute atomic E-state index is 0.428. The SMILES string of the molecule is CC(C(=O)O)N(C)CCCc1cccc2ccccc12. The van der Waals surface area contributed by atoms with E-state index in [-0.39, 0.29) is 0 Å². The van der Waals surface area contributed by atoms with Crippen molar-refractivity contribution in [3.63, 3.8) is 0 Å². The third-order valence-electron chi connectivity index (χ3n) is 3.86. The van der Waals surface area contributed by atoms with Gasteiger partial charge in [-0.1, -0.05) is 42.5 Å². The molecule has 1 N–H and O–H groups in total. The highest BCUT2D eigenvalue weighted by molar-refractivity contribution is 5.85. The van der Waals surface area contributed by atoms with Crippen LogP contribution < -0.4 is 0 Å². The number of rotatable bonds is 6. The molecular weight excluding hydrogens is 250 g/mol. The highest BCUT2D eigenvalue weighted by atomic mass is 16.4.